The van der Waals surface area contributed by atoms with Crippen molar-refractivity contribution in [1.29, 1.82) is 0 Å². The number of nitrogens with zero attached hydrogens (tertiary/aromatic N) is 4. The first-order valence-electron chi connectivity index (χ1n) is 8.14. The number of carbonyl (C=O) groups is 1. The molecular formula is C18H13F3N4O2. The Kier molecular flexibility index (Phi) is 4.14. The van der Waals surface area contributed by atoms with Gasteiger partial charge in [0, 0.05) is 24.7 Å². The first-order valence-corrected chi connectivity index (χ1v) is 8.14. The maximum Gasteiger partial charge on any atom is 0.266 e. The summed E-state index contributed by atoms with van der Waals surface area (Å²) >= 11 is 0. The molecule has 27 heavy (non-hydrogen) atoms. The second kappa shape index (κ2) is 6.49. The molecule has 1 amide bonds. The number of hydrogen-bond donors (Lipinski definition) is 0. The minimum Gasteiger partial charge on any atom is -0.335 e. The summed E-state index contributed by atoms with van der Waals surface area (Å²) in [4.78, 5) is 21.3. The summed E-state index contributed by atoms with van der Waals surface area (Å²) in [6.07, 6.45) is 2.16. The third-order valence-electron chi connectivity index (χ3n) is 4.42. The molecule has 1 fully saturated rings. The predicted octanol–water partition coefficient (Wildman–Crippen LogP) is 3.12. The zero-order valence-electron chi connectivity index (χ0n) is 13.9. The molecule has 0 saturated carbocycles. The van der Waals surface area contributed by atoms with Gasteiger partial charge in [-0.1, -0.05) is 5.16 Å². The van der Waals surface area contributed by atoms with E-state index in [4.69, 9.17) is 4.52 Å². The number of benzene rings is 1. The molecule has 9 heteroatoms. The average molecular weight is 374 g/mol. The van der Waals surface area contributed by atoms with Gasteiger partial charge in [0.2, 0.25) is 11.5 Å². The van der Waals surface area contributed by atoms with E-state index in [2.05, 4.69) is 15.1 Å². The van der Waals surface area contributed by atoms with Gasteiger partial charge < -0.3 is 9.42 Å². The zero-order valence-corrected chi connectivity index (χ0v) is 13.9. The number of carbonyl (C=O) groups excluding carboxylic acids is 1. The highest BCUT2D eigenvalue weighted by Gasteiger charge is 2.46. The number of rotatable bonds is 3. The summed E-state index contributed by atoms with van der Waals surface area (Å²) in [5, 5.41) is 3.73. The molecule has 0 bridgehead atoms. The maximum absolute atomic E-state index is 15.3. The average Bonchev–Trinajstić information content (AvgIpc) is 3.31. The number of alkyl halides is 1. The van der Waals surface area contributed by atoms with Crippen molar-refractivity contribution in [3.8, 4) is 11.4 Å². The van der Waals surface area contributed by atoms with Crippen LogP contribution in [-0.2, 0) is 5.67 Å². The number of pyridine rings is 1. The molecule has 3 heterocycles. The van der Waals surface area contributed by atoms with Crippen molar-refractivity contribution in [2.45, 2.75) is 12.1 Å². The van der Waals surface area contributed by atoms with E-state index in [0.717, 1.165) is 6.20 Å². The van der Waals surface area contributed by atoms with Crippen LogP contribution in [0.1, 0.15) is 22.7 Å². The van der Waals surface area contributed by atoms with Gasteiger partial charge in [-0.2, -0.15) is 4.98 Å². The van der Waals surface area contributed by atoms with Crippen LogP contribution in [0.25, 0.3) is 11.4 Å². The van der Waals surface area contributed by atoms with Gasteiger partial charge in [-0.15, -0.1) is 0 Å². The van der Waals surface area contributed by atoms with Crippen molar-refractivity contribution in [3.63, 3.8) is 0 Å². The molecule has 1 aromatic carbocycles. The number of halogens is 3. The molecule has 1 aliphatic heterocycles. The third-order valence-corrected chi connectivity index (χ3v) is 4.42. The lowest BCUT2D eigenvalue weighted by Crippen LogP contribution is -2.33. The van der Waals surface area contributed by atoms with E-state index < -0.39 is 23.2 Å². The molecule has 0 aliphatic carbocycles. The normalized spacial score (nSPS) is 19.4. The van der Waals surface area contributed by atoms with Crippen molar-refractivity contribution in [3.05, 3.63) is 65.8 Å². The molecule has 6 nitrogen and oxygen atoms in total. The van der Waals surface area contributed by atoms with Crippen molar-refractivity contribution in [1.82, 2.24) is 20.0 Å². The summed E-state index contributed by atoms with van der Waals surface area (Å²) in [6.45, 7) is -0.260. The van der Waals surface area contributed by atoms with Crippen LogP contribution in [-0.4, -0.2) is 39.0 Å². The molecule has 3 aromatic rings. The van der Waals surface area contributed by atoms with Crippen LogP contribution in [0.5, 0.6) is 0 Å². The largest absolute Gasteiger partial charge is 0.335 e. The third kappa shape index (κ3) is 3.16. The fourth-order valence-electron chi connectivity index (χ4n) is 2.96. The van der Waals surface area contributed by atoms with Crippen LogP contribution >= 0.6 is 0 Å². The van der Waals surface area contributed by atoms with Gasteiger partial charge in [-0.05, 0) is 30.3 Å². The fourth-order valence-corrected chi connectivity index (χ4v) is 2.96. The Morgan fingerprint density at radius 1 is 1.19 bits per heavy atom. The van der Waals surface area contributed by atoms with E-state index in [1.54, 1.807) is 0 Å². The van der Waals surface area contributed by atoms with Crippen LogP contribution < -0.4 is 0 Å². The minimum absolute atomic E-state index is 0.0590. The lowest BCUT2D eigenvalue weighted by atomic mass is 10.1. The van der Waals surface area contributed by atoms with E-state index in [-0.39, 0.29) is 36.8 Å². The molecule has 1 saturated heterocycles. The number of aromatic nitrogens is 3. The van der Waals surface area contributed by atoms with E-state index in [9.17, 15) is 13.6 Å². The Labute approximate surface area is 151 Å². The number of amides is 1. The van der Waals surface area contributed by atoms with Crippen LogP contribution in [0.15, 0.2) is 47.2 Å². The van der Waals surface area contributed by atoms with Crippen LogP contribution in [0.3, 0.4) is 0 Å². The standard InChI is InChI=1S/C18H13F3N4O2/c19-12-3-1-11(2-4-12)15-23-17(27-24-15)18(21)6-8-25(10-18)16(26)13-5-7-22-9-14(13)20/h1-5,7,9H,6,8,10H2. The van der Waals surface area contributed by atoms with E-state index in [1.807, 2.05) is 0 Å². The highest BCUT2D eigenvalue weighted by atomic mass is 19.1. The number of likely N-dealkylation sites (tertiary alicyclic amines) is 1. The Morgan fingerprint density at radius 3 is 2.70 bits per heavy atom. The quantitative estimate of drug-likeness (QED) is 0.704. The summed E-state index contributed by atoms with van der Waals surface area (Å²) in [5.41, 5.74) is -1.74. The molecule has 1 aliphatic rings. The van der Waals surface area contributed by atoms with Crippen molar-refractivity contribution < 1.29 is 22.5 Å². The van der Waals surface area contributed by atoms with Crippen LogP contribution in [0.4, 0.5) is 13.2 Å². The van der Waals surface area contributed by atoms with Crippen LogP contribution in [0.2, 0.25) is 0 Å². The summed E-state index contributed by atoms with van der Waals surface area (Å²) in [6, 6.07) is 6.61. The van der Waals surface area contributed by atoms with E-state index in [0.29, 0.717) is 5.56 Å². The second-order valence-corrected chi connectivity index (χ2v) is 6.23. The first kappa shape index (κ1) is 17.2. The van der Waals surface area contributed by atoms with Gasteiger partial charge >= 0.3 is 0 Å². The minimum atomic E-state index is -2.04. The Balaban J connectivity index is 1.54. The SMILES string of the molecule is O=C(c1ccncc1F)N1CCC(F)(c2nc(-c3ccc(F)cc3)no2)C1. The van der Waals surface area contributed by atoms with Crippen molar-refractivity contribution in [2.75, 3.05) is 13.1 Å². The molecule has 0 radical (unpaired) electrons. The van der Waals surface area contributed by atoms with Gasteiger partial charge in [0.25, 0.3) is 11.8 Å². The fraction of sp³-hybridized carbons (Fsp3) is 0.222. The smallest absolute Gasteiger partial charge is 0.266 e. The van der Waals surface area contributed by atoms with E-state index in [1.165, 1.54) is 41.4 Å². The lowest BCUT2D eigenvalue weighted by Gasteiger charge is -2.18. The highest BCUT2D eigenvalue weighted by molar-refractivity contribution is 5.94. The summed E-state index contributed by atoms with van der Waals surface area (Å²) in [5.74, 6) is -1.97. The van der Waals surface area contributed by atoms with Crippen LogP contribution in [0, 0.1) is 11.6 Å². The summed E-state index contributed by atoms with van der Waals surface area (Å²) in [7, 11) is 0. The van der Waals surface area contributed by atoms with Gasteiger partial charge in [0.15, 0.2) is 5.82 Å². The van der Waals surface area contributed by atoms with Gasteiger partial charge in [-0.3, -0.25) is 9.78 Å². The lowest BCUT2D eigenvalue weighted by molar-refractivity contribution is 0.0712. The second-order valence-electron chi connectivity index (χ2n) is 6.23. The molecule has 1 unspecified atom stereocenters. The van der Waals surface area contributed by atoms with Gasteiger partial charge in [0.1, 0.15) is 5.82 Å². The van der Waals surface area contributed by atoms with Gasteiger partial charge in [0.05, 0.1) is 18.3 Å². The topological polar surface area (TPSA) is 72.1 Å². The maximum atomic E-state index is 15.3. The highest BCUT2D eigenvalue weighted by Crippen LogP contribution is 2.36. The number of hydrogen-bond acceptors (Lipinski definition) is 5. The predicted molar refractivity (Wildman–Crippen MR) is 87.2 cm³/mol. The molecule has 0 spiro atoms. The molecule has 2 aromatic heterocycles. The molecular weight excluding hydrogens is 361 g/mol. The Hall–Kier alpha value is -3.23. The van der Waals surface area contributed by atoms with Crippen molar-refractivity contribution >= 4 is 5.91 Å². The summed E-state index contributed by atoms with van der Waals surface area (Å²) < 4.78 is 47.1. The molecule has 138 valence electrons. The van der Waals surface area contributed by atoms with E-state index >= 15 is 4.39 Å². The van der Waals surface area contributed by atoms with Gasteiger partial charge in [-0.25, -0.2) is 13.2 Å². The molecule has 1 atom stereocenters. The van der Waals surface area contributed by atoms with Crippen molar-refractivity contribution in [2.24, 2.45) is 0 Å². The monoisotopic (exact) mass is 374 g/mol. The Bertz CT molecular complexity index is 992. The molecule has 4 rings (SSSR count). The Morgan fingerprint density at radius 2 is 1.96 bits per heavy atom. The first-order chi connectivity index (χ1) is 13.0. The molecule has 0 N–H and O–H groups in total. The zero-order chi connectivity index (χ0) is 19.0.